The number of rotatable bonds is 4. The van der Waals surface area contributed by atoms with E-state index in [-0.39, 0.29) is 0 Å². The van der Waals surface area contributed by atoms with Crippen molar-refractivity contribution in [1.82, 2.24) is 0 Å². The van der Waals surface area contributed by atoms with E-state index < -0.39 is 5.97 Å². The smallest absolute Gasteiger partial charge is 0.350 e. The lowest BCUT2D eigenvalue weighted by Gasteiger charge is -2.03. The highest BCUT2D eigenvalue weighted by molar-refractivity contribution is 7.18. The van der Waals surface area contributed by atoms with Crippen LogP contribution < -0.4 is 10.5 Å². The van der Waals surface area contributed by atoms with Gasteiger partial charge in [0.25, 0.3) is 0 Å². The van der Waals surface area contributed by atoms with E-state index in [0.717, 1.165) is 16.2 Å². The average molecular weight is 277 g/mol. The minimum atomic E-state index is -0.403. The number of thiophene rings is 1. The standard InChI is InChI=1S/C14H15NO3S/c1-3-18-10-6-4-9(5-7-10)12-8-11(15)13(19-12)14(16)17-2/h4-8H,3,15H2,1-2H3. The normalized spacial score (nSPS) is 10.2. The summed E-state index contributed by atoms with van der Waals surface area (Å²) in [5.41, 5.74) is 7.26. The van der Waals surface area contributed by atoms with E-state index in [1.807, 2.05) is 31.2 Å². The van der Waals surface area contributed by atoms with Crippen molar-refractivity contribution in [2.75, 3.05) is 19.5 Å². The van der Waals surface area contributed by atoms with Crippen LogP contribution in [0.15, 0.2) is 30.3 Å². The van der Waals surface area contributed by atoms with Crippen LogP contribution in [0.25, 0.3) is 10.4 Å². The van der Waals surface area contributed by atoms with Crippen molar-refractivity contribution < 1.29 is 14.3 Å². The number of hydrogen-bond acceptors (Lipinski definition) is 5. The Kier molecular flexibility index (Phi) is 4.06. The van der Waals surface area contributed by atoms with E-state index in [9.17, 15) is 4.79 Å². The SMILES string of the molecule is CCOc1ccc(-c2cc(N)c(C(=O)OC)s2)cc1. The van der Waals surface area contributed by atoms with Crippen LogP contribution in [0.4, 0.5) is 5.69 Å². The second-order valence-electron chi connectivity index (χ2n) is 3.84. The van der Waals surface area contributed by atoms with Crippen molar-refractivity contribution in [3.05, 3.63) is 35.2 Å². The molecule has 2 aromatic rings. The van der Waals surface area contributed by atoms with Crippen molar-refractivity contribution in [1.29, 1.82) is 0 Å². The Morgan fingerprint density at radius 1 is 1.32 bits per heavy atom. The molecule has 1 aromatic carbocycles. The molecule has 0 spiro atoms. The number of carbonyl (C=O) groups is 1. The first-order valence-electron chi connectivity index (χ1n) is 5.86. The van der Waals surface area contributed by atoms with Crippen LogP contribution in [-0.2, 0) is 4.74 Å². The Hall–Kier alpha value is -2.01. The van der Waals surface area contributed by atoms with Gasteiger partial charge in [0.15, 0.2) is 0 Å². The van der Waals surface area contributed by atoms with Gasteiger partial charge in [-0.15, -0.1) is 11.3 Å². The number of ether oxygens (including phenoxy) is 2. The maximum absolute atomic E-state index is 11.5. The van der Waals surface area contributed by atoms with Gasteiger partial charge < -0.3 is 15.2 Å². The van der Waals surface area contributed by atoms with Gasteiger partial charge in [-0.05, 0) is 42.8 Å². The Morgan fingerprint density at radius 2 is 2.00 bits per heavy atom. The molecule has 0 saturated carbocycles. The number of carbonyl (C=O) groups excluding carboxylic acids is 1. The third kappa shape index (κ3) is 2.88. The quantitative estimate of drug-likeness (QED) is 0.872. The summed E-state index contributed by atoms with van der Waals surface area (Å²) in [6.45, 7) is 2.58. The molecule has 0 saturated heterocycles. The van der Waals surface area contributed by atoms with E-state index >= 15 is 0 Å². The molecule has 0 radical (unpaired) electrons. The maximum Gasteiger partial charge on any atom is 0.350 e. The topological polar surface area (TPSA) is 61.5 Å². The Balaban J connectivity index is 2.29. The molecule has 2 N–H and O–H groups in total. The number of nitrogens with two attached hydrogens (primary N) is 1. The van der Waals surface area contributed by atoms with E-state index in [1.165, 1.54) is 18.4 Å². The molecule has 2 rings (SSSR count). The van der Waals surface area contributed by atoms with Gasteiger partial charge in [-0.2, -0.15) is 0 Å². The Morgan fingerprint density at radius 3 is 2.58 bits per heavy atom. The van der Waals surface area contributed by atoms with Gasteiger partial charge in [-0.1, -0.05) is 0 Å². The summed E-state index contributed by atoms with van der Waals surface area (Å²) in [6, 6.07) is 9.46. The summed E-state index contributed by atoms with van der Waals surface area (Å²) >= 11 is 1.32. The highest BCUT2D eigenvalue weighted by atomic mass is 32.1. The second kappa shape index (κ2) is 5.75. The second-order valence-corrected chi connectivity index (χ2v) is 4.90. The molecule has 0 aliphatic rings. The maximum atomic E-state index is 11.5. The number of benzene rings is 1. The zero-order valence-corrected chi connectivity index (χ0v) is 11.6. The number of esters is 1. The van der Waals surface area contributed by atoms with E-state index in [1.54, 1.807) is 6.07 Å². The highest BCUT2D eigenvalue weighted by Crippen LogP contribution is 2.34. The van der Waals surface area contributed by atoms with E-state index in [2.05, 4.69) is 4.74 Å². The highest BCUT2D eigenvalue weighted by Gasteiger charge is 2.15. The molecule has 1 heterocycles. The molecule has 19 heavy (non-hydrogen) atoms. The third-order valence-corrected chi connectivity index (χ3v) is 3.76. The van der Waals surface area contributed by atoms with Crippen molar-refractivity contribution in [3.8, 4) is 16.2 Å². The molecule has 0 aliphatic heterocycles. The lowest BCUT2D eigenvalue weighted by molar-refractivity contribution is 0.0607. The molecule has 0 fully saturated rings. The fourth-order valence-corrected chi connectivity index (χ4v) is 2.68. The van der Waals surface area contributed by atoms with Gasteiger partial charge in [0.1, 0.15) is 10.6 Å². The molecule has 100 valence electrons. The van der Waals surface area contributed by atoms with Crippen molar-refractivity contribution >= 4 is 23.0 Å². The molecule has 0 atom stereocenters. The minimum Gasteiger partial charge on any atom is -0.494 e. The van der Waals surface area contributed by atoms with Crippen molar-refractivity contribution in [2.24, 2.45) is 0 Å². The minimum absolute atomic E-state index is 0.403. The van der Waals surface area contributed by atoms with Crippen molar-refractivity contribution in [3.63, 3.8) is 0 Å². The molecule has 0 bridgehead atoms. The fraction of sp³-hybridized carbons (Fsp3) is 0.214. The third-order valence-electron chi connectivity index (χ3n) is 2.58. The van der Waals surface area contributed by atoms with Crippen LogP contribution in [0.3, 0.4) is 0 Å². The first-order chi connectivity index (χ1) is 9.15. The van der Waals surface area contributed by atoms with Gasteiger partial charge in [0.2, 0.25) is 0 Å². The fourth-order valence-electron chi connectivity index (χ4n) is 1.68. The van der Waals surface area contributed by atoms with Gasteiger partial charge in [-0.3, -0.25) is 0 Å². The zero-order valence-electron chi connectivity index (χ0n) is 10.8. The predicted octanol–water partition coefficient (Wildman–Crippen LogP) is 3.18. The van der Waals surface area contributed by atoms with Gasteiger partial charge in [0.05, 0.1) is 19.4 Å². The van der Waals surface area contributed by atoms with Crippen molar-refractivity contribution in [2.45, 2.75) is 6.92 Å². The molecule has 0 unspecified atom stereocenters. The summed E-state index contributed by atoms with van der Waals surface area (Å²) < 4.78 is 10.1. The lowest BCUT2D eigenvalue weighted by atomic mass is 10.2. The van der Waals surface area contributed by atoms with Crippen LogP contribution in [0, 0.1) is 0 Å². The molecular formula is C14H15NO3S. The Bertz CT molecular complexity index is 575. The summed E-state index contributed by atoms with van der Waals surface area (Å²) in [5.74, 6) is 0.420. The predicted molar refractivity (Wildman–Crippen MR) is 76.7 cm³/mol. The largest absolute Gasteiger partial charge is 0.494 e. The van der Waals surface area contributed by atoms with Gasteiger partial charge in [-0.25, -0.2) is 4.79 Å². The van der Waals surface area contributed by atoms with Crippen LogP contribution in [0.1, 0.15) is 16.6 Å². The van der Waals surface area contributed by atoms with Crippen LogP contribution in [0.5, 0.6) is 5.75 Å². The zero-order chi connectivity index (χ0) is 13.8. The number of methoxy groups -OCH3 is 1. The van der Waals surface area contributed by atoms with E-state index in [0.29, 0.717) is 17.2 Å². The monoisotopic (exact) mass is 277 g/mol. The van der Waals surface area contributed by atoms with Crippen LogP contribution in [0.2, 0.25) is 0 Å². The summed E-state index contributed by atoms with van der Waals surface area (Å²) in [5, 5.41) is 0. The van der Waals surface area contributed by atoms with Gasteiger partial charge in [0, 0.05) is 4.88 Å². The molecule has 4 nitrogen and oxygen atoms in total. The summed E-state index contributed by atoms with van der Waals surface area (Å²) in [6.07, 6.45) is 0. The number of anilines is 1. The summed E-state index contributed by atoms with van der Waals surface area (Å²) in [7, 11) is 1.35. The Labute approximate surface area is 115 Å². The van der Waals surface area contributed by atoms with Crippen LogP contribution in [-0.4, -0.2) is 19.7 Å². The molecule has 0 amide bonds. The molecule has 0 aliphatic carbocycles. The summed E-state index contributed by atoms with van der Waals surface area (Å²) in [4.78, 5) is 12.9. The van der Waals surface area contributed by atoms with Gasteiger partial charge >= 0.3 is 5.97 Å². The average Bonchev–Trinajstić information content (AvgIpc) is 2.81. The molecule has 1 aromatic heterocycles. The number of hydrogen-bond donors (Lipinski definition) is 1. The number of nitrogen functional groups attached to an aromatic ring is 1. The first-order valence-corrected chi connectivity index (χ1v) is 6.68. The first kappa shape index (κ1) is 13.4. The lowest BCUT2D eigenvalue weighted by Crippen LogP contribution is -2.00. The molecular weight excluding hydrogens is 262 g/mol. The van der Waals surface area contributed by atoms with Crippen LogP contribution >= 0.6 is 11.3 Å². The van der Waals surface area contributed by atoms with E-state index in [4.69, 9.17) is 10.5 Å². The molecule has 5 heteroatoms.